The number of likely N-dealkylation sites (tertiary alicyclic amines) is 1. The number of hydrogen-bond donors (Lipinski definition) is 1. The van der Waals surface area contributed by atoms with Crippen LogP contribution in [0.1, 0.15) is 39.2 Å². The van der Waals surface area contributed by atoms with Gasteiger partial charge in [0.2, 0.25) is 0 Å². The SMILES string of the molecule is COc1cccc(CN2CCC(CNC(=O)OC(C)(C)C)CC2)c1. The van der Waals surface area contributed by atoms with E-state index in [-0.39, 0.29) is 6.09 Å². The highest BCUT2D eigenvalue weighted by atomic mass is 16.6. The summed E-state index contributed by atoms with van der Waals surface area (Å²) in [4.78, 5) is 14.2. The van der Waals surface area contributed by atoms with Crippen molar-refractivity contribution in [3.8, 4) is 5.75 Å². The second-order valence-electron chi connectivity index (χ2n) is 7.45. The normalized spacial score (nSPS) is 16.7. The maximum absolute atomic E-state index is 11.7. The molecule has 0 aromatic heterocycles. The molecule has 1 aliphatic rings. The molecule has 1 N–H and O–H groups in total. The molecule has 24 heavy (non-hydrogen) atoms. The zero-order valence-electron chi connectivity index (χ0n) is 15.3. The summed E-state index contributed by atoms with van der Waals surface area (Å²) in [6.45, 7) is 9.39. The first-order valence-corrected chi connectivity index (χ1v) is 8.68. The van der Waals surface area contributed by atoms with Crippen molar-refractivity contribution in [3.05, 3.63) is 29.8 Å². The van der Waals surface area contributed by atoms with Gasteiger partial charge in [-0.3, -0.25) is 4.90 Å². The van der Waals surface area contributed by atoms with Gasteiger partial charge < -0.3 is 14.8 Å². The molecule has 1 aliphatic heterocycles. The van der Waals surface area contributed by atoms with Crippen LogP contribution in [0.5, 0.6) is 5.75 Å². The van der Waals surface area contributed by atoms with E-state index in [2.05, 4.69) is 22.3 Å². The molecule has 1 aromatic carbocycles. The van der Waals surface area contributed by atoms with Gasteiger partial charge in [-0.2, -0.15) is 0 Å². The number of carbonyl (C=O) groups is 1. The maximum Gasteiger partial charge on any atom is 0.407 e. The van der Waals surface area contributed by atoms with Gasteiger partial charge in [-0.1, -0.05) is 12.1 Å². The summed E-state index contributed by atoms with van der Waals surface area (Å²) < 4.78 is 10.6. The molecule has 0 bridgehead atoms. The fourth-order valence-corrected chi connectivity index (χ4v) is 2.92. The minimum Gasteiger partial charge on any atom is -0.497 e. The van der Waals surface area contributed by atoms with E-state index < -0.39 is 5.60 Å². The van der Waals surface area contributed by atoms with Crippen molar-refractivity contribution in [1.29, 1.82) is 0 Å². The largest absolute Gasteiger partial charge is 0.497 e. The quantitative estimate of drug-likeness (QED) is 0.896. The number of methoxy groups -OCH3 is 1. The molecular formula is C19H30N2O3. The molecule has 5 heteroatoms. The highest BCUT2D eigenvalue weighted by molar-refractivity contribution is 5.67. The second-order valence-corrected chi connectivity index (χ2v) is 7.45. The Kier molecular flexibility index (Phi) is 6.49. The lowest BCUT2D eigenvalue weighted by molar-refractivity contribution is 0.0509. The molecule has 0 radical (unpaired) electrons. The molecule has 0 unspecified atom stereocenters. The standard InChI is InChI=1S/C19H30N2O3/c1-19(2,3)24-18(22)20-13-15-8-10-21(11-9-15)14-16-6-5-7-17(12-16)23-4/h5-7,12,15H,8-11,13-14H2,1-4H3,(H,20,22). The number of ether oxygens (including phenoxy) is 2. The Bertz CT molecular complexity index is 532. The van der Waals surface area contributed by atoms with Gasteiger partial charge in [0.15, 0.2) is 0 Å². The Hall–Kier alpha value is -1.75. The van der Waals surface area contributed by atoms with Crippen molar-refractivity contribution in [2.75, 3.05) is 26.7 Å². The van der Waals surface area contributed by atoms with Gasteiger partial charge in [-0.15, -0.1) is 0 Å². The van der Waals surface area contributed by atoms with Gasteiger partial charge in [0.05, 0.1) is 7.11 Å². The summed E-state index contributed by atoms with van der Waals surface area (Å²) >= 11 is 0. The minimum absolute atomic E-state index is 0.318. The van der Waals surface area contributed by atoms with Gasteiger partial charge in [-0.05, 0) is 70.3 Å². The van der Waals surface area contributed by atoms with Crippen LogP contribution in [-0.2, 0) is 11.3 Å². The van der Waals surface area contributed by atoms with Crippen LogP contribution in [0.4, 0.5) is 4.79 Å². The van der Waals surface area contributed by atoms with Crippen molar-refractivity contribution < 1.29 is 14.3 Å². The molecular weight excluding hydrogens is 304 g/mol. The third-order valence-electron chi connectivity index (χ3n) is 4.18. The summed E-state index contributed by atoms with van der Waals surface area (Å²) in [6.07, 6.45) is 1.88. The van der Waals surface area contributed by atoms with E-state index >= 15 is 0 Å². The van der Waals surface area contributed by atoms with Gasteiger partial charge in [0.25, 0.3) is 0 Å². The Morgan fingerprint density at radius 1 is 1.29 bits per heavy atom. The fraction of sp³-hybridized carbons (Fsp3) is 0.632. The summed E-state index contributed by atoms with van der Waals surface area (Å²) in [5, 5.41) is 2.89. The average molecular weight is 334 g/mol. The topological polar surface area (TPSA) is 50.8 Å². The van der Waals surface area contributed by atoms with Crippen molar-refractivity contribution in [2.24, 2.45) is 5.92 Å². The number of alkyl carbamates (subject to hydrolysis) is 1. The average Bonchev–Trinajstić information content (AvgIpc) is 2.53. The molecule has 0 aliphatic carbocycles. The van der Waals surface area contributed by atoms with Crippen LogP contribution in [0.3, 0.4) is 0 Å². The lowest BCUT2D eigenvalue weighted by atomic mass is 9.96. The van der Waals surface area contributed by atoms with E-state index in [4.69, 9.17) is 9.47 Å². The van der Waals surface area contributed by atoms with Crippen LogP contribution in [-0.4, -0.2) is 43.3 Å². The molecule has 1 fully saturated rings. The van der Waals surface area contributed by atoms with Crippen LogP contribution < -0.4 is 10.1 Å². The van der Waals surface area contributed by atoms with Crippen LogP contribution >= 0.6 is 0 Å². The lowest BCUT2D eigenvalue weighted by Gasteiger charge is -2.32. The fourth-order valence-electron chi connectivity index (χ4n) is 2.92. The van der Waals surface area contributed by atoms with Crippen molar-refractivity contribution in [3.63, 3.8) is 0 Å². The van der Waals surface area contributed by atoms with Crippen LogP contribution in [0.2, 0.25) is 0 Å². The molecule has 0 spiro atoms. The summed E-state index contributed by atoms with van der Waals surface area (Å²) in [7, 11) is 1.70. The molecule has 0 saturated carbocycles. The first-order valence-electron chi connectivity index (χ1n) is 8.68. The van der Waals surface area contributed by atoms with E-state index in [9.17, 15) is 4.79 Å². The Labute approximate surface area is 145 Å². The molecule has 0 atom stereocenters. The van der Waals surface area contributed by atoms with Gasteiger partial charge in [0, 0.05) is 13.1 Å². The van der Waals surface area contributed by atoms with Crippen molar-refractivity contribution in [2.45, 2.75) is 45.8 Å². The Balaban J connectivity index is 1.70. The summed E-state index contributed by atoms with van der Waals surface area (Å²) in [5.74, 6) is 1.43. The lowest BCUT2D eigenvalue weighted by Crippen LogP contribution is -2.40. The molecule has 1 amide bonds. The molecule has 134 valence electrons. The van der Waals surface area contributed by atoms with Crippen LogP contribution in [0.15, 0.2) is 24.3 Å². The van der Waals surface area contributed by atoms with Gasteiger partial charge in [0.1, 0.15) is 11.4 Å². The number of carbonyl (C=O) groups excluding carboxylic acids is 1. The summed E-state index contributed by atoms with van der Waals surface area (Å²) in [6, 6.07) is 8.23. The van der Waals surface area contributed by atoms with E-state index in [1.54, 1.807) is 7.11 Å². The molecule has 2 rings (SSSR count). The molecule has 1 heterocycles. The number of amides is 1. The third kappa shape index (κ3) is 6.40. The molecule has 1 aromatic rings. The maximum atomic E-state index is 11.7. The highest BCUT2D eigenvalue weighted by Gasteiger charge is 2.21. The molecule has 5 nitrogen and oxygen atoms in total. The number of rotatable bonds is 5. The number of hydrogen-bond acceptors (Lipinski definition) is 4. The first kappa shape index (κ1) is 18.6. The van der Waals surface area contributed by atoms with E-state index in [0.29, 0.717) is 12.5 Å². The van der Waals surface area contributed by atoms with Crippen LogP contribution in [0, 0.1) is 5.92 Å². The smallest absolute Gasteiger partial charge is 0.407 e. The van der Waals surface area contributed by atoms with E-state index in [1.165, 1.54) is 5.56 Å². The monoisotopic (exact) mass is 334 g/mol. The number of piperidine rings is 1. The predicted molar refractivity (Wildman–Crippen MR) is 95.2 cm³/mol. The third-order valence-corrected chi connectivity index (χ3v) is 4.18. The number of nitrogens with zero attached hydrogens (tertiary/aromatic N) is 1. The van der Waals surface area contributed by atoms with E-state index in [0.717, 1.165) is 38.2 Å². The van der Waals surface area contributed by atoms with E-state index in [1.807, 2.05) is 32.9 Å². The molecule has 1 saturated heterocycles. The first-order chi connectivity index (χ1) is 11.4. The highest BCUT2D eigenvalue weighted by Crippen LogP contribution is 2.20. The predicted octanol–water partition coefficient (Wildman–Crippen LogP) is 3.43. The minimum atomic E-state index is -0.440. The number of benzene rings is 1. The second kappa shape index (κ2) is 8.38. The summed E-state index contributed by atoms with van der Waals surface area (Å²) in [5.41, 5.74) is 0.837. The zero-order chi connectivity index (χ0) is 17.6. The number of nitrogens with one attached hydrogen (secondary N) is 1. The van der Waals surface area contributed by atoms with Gasteiger partial charge in [-0.25, -0.2) is 4.79 Å². The Morgan fingerprint density at radius 3 is 2.62 bits per heavy atom. The zero-order valence-corrected chi connectivity index (χ0v) is 15.3. The van der Waals surface area contributed by atoms with Gasteiger partial charge >= 0.3 is 6.09 Å². The van der Waals surface area contributed by atoms with Crippen molar-refractivity contribution in [1.82, 2.24) is 10.2 Å². The van der Waals surface area contributed by atoms with Crippen molar-refractivity contribution >= 4 is 6.09 Å². The Morgan fingerprint density at radius 2 is 2.00 bits per heavy atom. The van der Waals surface area contributed by atoms with Crippen LogP contribution in [0.25, 0.3) is 0 Å².